The van der Waals surface area contributed by atoms with E-state index in [9.17, 15) is 9.59 Å². The van der Waals surface area contributed by atoms with Gasteiger partial charge in [0.05, 0.1) is 6.61 Å². The molecule has 1 amide bonds. The Morgan fingerprint density at radius 3 is 2.19 bits per heavy atom. The number of rotatable bonds is 11. The number of hydrogen-bond acceptors (Lipinski definition) is 4. The lowest BCUT2D eigenvalue weighted by molar-refractivity contribution is -0.158. The van der Waals surface area contributed by atoms with Crippen LogP contribution in [-0.2, 0) is 14.3 Å². The van der Waals surface area contributed by atoms with Crippen LogP contribution in [0.3, 0.4) is 0 Å². The molecule has 32 heavy (non-hydrogen) atoms. The van der Waals surface area contributed by atoms with E-state index in [0.717, 1.165) is 18.4 Å². The van der Waals surface area contributed by atoms with Crippen molar-refractivity contribution in [2.75, 3.05) is 6.61 Å². The summed E-state index contributed by atoms with van der Waals surface area (Å²) in [5, 5.41) is 6.63. The van der Waals surface area contributed by atoms with Gasteiger partial charge in [0, 0.05) is 17.2 Å². The summed E-state index contributed by atoms with van der Waals surface area (Å²) in [6, 6.07) is 9.66. The Hall–Kier alpha value is -2.14. The quantitative estimate of drug-likeness (QED) is 0.274. The second kappa shape index (κ2) is 11.6. The maximum Gasteiger partial charge on any atom is 0.332 e. The monoisotopic (exact) mass is 442 g/mol. The standard InChI is InChI=1S/C27H42N2O3/c1-6-7-8-9-10-14-19-32-24(31)27(20-25(2,3)29-26(4,5)21-27)28-23(30)18-17-22-15-12-11-13-16-22/h11-13,15-18,29H,6-10,14,19-21H2,1-5H3,(H,28,30). The molecule has 5 nitrogen and oxygen atoms in total. The number of hydrogen-bond donors (Lipinski definition) is 2. The van der Waals surface area contributed by atoms with Crippen molar-refractivity contribution >= 4 is 18.0 Å². The molecule has 1 aromatic carbocycles. The SMILES string of the molecule is CCCCCCCCOC(=O)C1(NC(=O)C=Cc2ccccc2)CC(C)(C)NC(C)(C)C1. The van der Waals surface area contributed by atoms with Gasteiger partial charge in [0.25, 0.3) is 0 Å². The van der Waals surface area contributed by atoms with Crippen LogP contribution in [0, 0.1) is 0 Å². The molecular formula is C27H42N2O3. The fourth-order valence-corrected chi connectivity index (χ4v) is 5.06. The first kappa shape index (κ1) is 26.1. The fraction of sp³-hybridized carbons (Fsp3) is 0.630. The minimum absolute atomic E-state index is 0.279. The molecule has 1 aromatic rings. The van der Waals surface area contributed by atoms with Crippen LogP contribution in [0.1, 0.15) is 91.5 Å². The lowest BCUT2D eigenvalue weighted by Gasteiger charge is -2.51. The van der Waals surface area contributed by atoms with Gasteiger partial charge in [-0.15, -0.1) is 0 Å². The summed E-state index contributed by atoms with van der Waals surface area (Å²) < 4.78 is 5.74. The zero-order chi connectivity index (χ0) is 23.7. The highest BCUT2D eigenvalue weighted by atomic mass is 16.5. The van der Waals surface area contributed by atoms with Gasteiger partial charge in [0.1, 0.15) is 5.54 Å². The highest BCUT2D eigenvalue weighted by Crippen LogP contribution is 2.37. The molecule has 178 valence electrons. The lowest BCUT2D eigenvalue weighted by Crippen LogP contribution is -2.70. The first-order valence-corrected chi connectivity index (χ1v) is 12.1. The summed E-state index contributed by atoms with van der Waals surface area (Å²) in [5.74, 6) is -0.603. The van der Waals surface area contributed by atoms with Crippen molar-refractivity contribution in [1.82, 2.24) is 10.6 Å². The molecule has 0 bridgehead atoms. The Labute approximate surface area is 194 Å². The molecule has 0 atom stereocenters. The number of amides is 1. The molecular weight excluding hydrogens is 400 g/mol. The molecule has 2 N–H and O–H groups in total. The van der Waals surface area contributed by atoms with Crippen LogP contribution in [0.25, 0.3) is 6.08 Å². The van der Waals surface area contributed by atoms with Crippen LogP contribution in [-0.4, -0.2) is 35.1 Å². The van der Waals surface area contributed by atoms with Gasteiger partial charge >= 0.3 is 5.97 Å². The summed E-state index contributed by atoms with van der Waals surface area (Å²) in [5.41, 5.74) is -0.763. The van der Waals surface area contributed by atoms with E-state index in [4.69, 9.17) is 4.74 Å². The maximum atomic E-state index is 13.4. The molecule has 2 rings (SSSR count). The van der Waals surface area contributed by atoms with Gasteiger partial charge in [-0.2, -0.15) is 0 Å². The second-order valence-electron chi connectivity index (χ2n) is 10.5. The van der Waals surface area contributed by atoms with Crippen LogP contribution in [0.2, 0.25) is 0 Å². The smallest absolute Gasteiger partial charge is 0.332 e. The Kier molecular flexibility index (Phi) is 9.50. The summed E-state index contributed by atoms with van der Waals surface area (Å²) in [4.78, 5) is 26.2. The fourth-order valence-electron chi connectivity index (χ4n) is 5.06. The zero-order valence-corrected chi connectivity index (χ0v) is 20.6. The van der Waals surface area contributed by atoms with Crippen molar-refractivity contribution in [2.24, 2.45) is 0 Å². The number of esters is 1. The van der Waals surface area contributed by atoms with Crippen LogP contribution >= 0.6 is 0 Å². The van der Waals surface area contributed by atoms with Gasteiger partial charge in [0.2, 0.25) is 5.91 Å². The largest absolute Gasteiger partial charge is 0.464 e. The number of unbranched alkanes of at least 4 members (excludes halogenated alkanes) is 5. The average molecular weight is 443 g/mol. The highest BCUT2D eigenvalue weighted by Gasteiger charge is 2.53. The van der Waals surface area contributed by atoms with E-state index in [2.05, 4.69) is 45.3 Å². The number of nitrogens with one attached hydrogen (secondary N) is 2. The molecule has 0 aliphatic carbocycles. The molecule has 0 saturated carbocycles. The molecule has 5 heteroatoms. The highest BCUT2D eigenvalue weighted by molar-refractivity contribution is 5.96. The Balaban J connectivity index is 2.08. The molecule has 1 heterocycles. The van der Waals surface area contributed by atoms with E-state index in [1.54, 1.807) is 6.08 Å². The van der Waals surface area contributed by atoms with Gasteiger partial charge < -0.3 is 15.4 Å². The van der Waals surface area contributed by atoms with Gasteiger partial charge in [-0.3, -0.25) is 4.79 Å². The van der Waals surface area contributed by atoms with E-state index in [1.165, 1.54) is 31.8 Å². The minimum Gasteiger partial charge on any atom is -0.464 e. The molecule has 0 aromatic heterocycles. The van der Waals surface area contributed by atoms with Crippen molar-refractivity contribution in [3.05, 3.63) is 42.0 Å². The predicted octanol–water partition coefficient (Wildman–Crippen LogP) is 5.40. The Bertz CT molecular complexity index is 752. The first-order chi connectivity index (χ1) is 15.1. The van der Waals surface area contributed by atoms with Crippen molar-refractivity contribution in [2.45, 2.75) is 103 Å². The van der Waals surface area contributed by atoms with Gasteiger partial charge in [-0.05, 0) is 58.6 Å². The van der Waals surface area contributed by atoms with E-state index < -0.39 is 5.54 Å². The summed E-state index contributed by atoms with van der Waals surface area (Å²) in [7, 11) is 0. The molecule has 1 aliphatic heterocycles. The second-order valence-corrected chi connectivity index (χ2v) is 10.5. The van der Waals surface area contributed by atoms with Gasteiger partial charge in [0.15, 0.2) is 0 Å². The summed E-state index contributed by atoms with van der Waals surface area (Å²) in [6.45, 7) is 10.9. The third-order valence-corrected chi connectivity index (χ3v) is 5.88. The number of carbonyl (C=O) groups excluding carboxylic acids is 2. The number of benzene rings is 1. The molecule has 1 saturated heterocycles. The van der Waals surface area contributed by atoms with Crippen molar-refractivity contribution in [3.63, 3.8) is 0 Å². The average Bonchev–Trinajstić information content (AvgIpc) is 2.70. The third kappa shape index (κ3) is 8.42. The van der Waals surface area contributed by atoms with E-state index in [0.29, 0.717) is 19.4 Å². The number of carbonyl (C=O) groups is 2. The molecule has 0 spiro atoms. The maximum absolute atomic E-state index is 13.4. The van der Waals surface area contributed by atoms with Crippen molar-refractivity contribution < 1.29 is 14.3 Å². The van der Waals surface area contributed by atoms with Gasteiger partial charge in [-0.1, -0.05) is 69.4 Å². The predicted molar refractivity (Wildman–Crippen MR) is 131 cm³/mol. The summed E-state index contributed by atoms with van der Waals surface area (Å²) >= 11 is 0. The molecule has 0 unspecified atom stereocenters. The van der Waals surface area contributed by atoms with Crippen LogP contribution in [0.5, 0.6) is 0 Å². The lowest BCUT2D eigenvalue weighted by atomic mass is 9.70. The Morgan fingerprint density at radius 2 is 1.56 bits per heavy atom. The molecule has 1 aliphatic rings. The van der Waals surface area contributed by atoms with E-state index >= 15 is 0 Å². The van der Waals surface area contributed by atoms with Crippen LogP contribution in [0.15, 0.2) is 36.4 Å². The van der Waals surface area contributed by atoms with Crippen LogP contribution < -0.4 is 10.6 Å². The number of ether oxygens (including phenoxy) is 1. The van der Waals surface area contributed by atoms with E-state index in [1.807, 2.05) is 30.3 Å². The number of piperidine rings is 1. The van der Waals surface area contributed by atoms with E-state index in [-0.39, 0.29) is 23.0 Å². The van der Waals surface area contributed by atoms with Crippen molar-refractivity contribution in [3.8, 4) is 0 Å². The Morgan fingerprint density at radius 1 is 0.969 bits per heavy atom. The zero-order valence-electron chi connectivity index (χ0n) is 20.6. The van der Waals surface area contributed by atoms with Gasteiger partial charge in [-0.25, -0.2) is 4.79 Å². The third-order valence-electron chi connectivity index (χ3n) is 5.88. The van der Waals surface area contributed by atoms with Crippen LogP contribution in [0.4, 0.5) is 0 Å². The summed E-state index contributed by atoms with van der Waals surface area (Å²) in [6.07, 6.45) is 11.0. The first-order valence-electron chi connectivity index (χ1n) is 12.1. The molecule has 0 radical (unpaired) electrons. The minimum atomic E-state index is -1.06. The van der Waals surface area contributed by atoms with Crippen molar-refractivity contribution in [1.29, 1.82) is 0 Å². The topological polar surface area (TPSA) is 67.4 Å². The normalized spacial score (nSPS) is 18.9. The molecule has 1 fully saturated rings.